The zero-order valence-corrected chi connectivity index (χ0v) is 20.5. The van der Waals surface area contributed by atoms with Gasteiger partial charge in [-0.25, -0.2) is 12.4 Å². The molecule has 5 rings (SSSR count). The zero-order valence-electron chi connectivity index (χ0n) is 18.6. The fraction of sp³-hybridized carbons (Fsp3) is 0.348. The second kappa shape index (κ2) is 9.67. The van der Waals surface area contributed by atoms with Crippen molar-refractivity contribution in [3.05, 3.63) is 54.5 Å². The summed E-state index contributed by atoms with van der Waals surface area (Å²) in [6.07, 6.45) is 7.37. The molecule has 182 valence electrons. The predicted octanol–water partition coefficient (Wildman–Crippen LogP) is 4.41. The summed E-state index contributed by atoms with van der Waals surface area (Å²) in [6.45, 7) is 4.05. The van der Waals surface area contributed by atoms with Crippen LogP contribution in [-0.4, -0.2) is 38.2 Å². The van der Waals surface area contributed by atoms with Gasteiger partial charge < -0.3 is 10.6 Å². The molecule has 11 heteroatoms. The van der Waals surface area contributed by atoms with Crippen LogP contribution in [0, 0.1) is 12.8 Å². The van der Waals surface area contributed by atoms with Crippen LogP contribution in [0.5, 0.6) is 0 Å². The first-order valence-electron chi connectivity index (χ1n) is 10.5. The Bertz CT molecular complexity index is 1390. The summed E-state index contributed by atoms with van der Waals surface area (Å²) in [7, 11) is -2.00. The van der Waals surface area contributed by atoms with E-state index in [1.807, 2.05) is 14.0 Å². The molecule has 34 heavy (non-hydrogen) atoms. The Morgan fingerprint density at radius 3 is 2.44 bits per heavy atom. The van der Waals surface area contributed by atoms with E-state index in [1.54, 1.807) is 47.4 Å². The molecule has 0 bridgehead atoms. The van der Waals surface area contributed by atoms with Crippen molar-refractivity contribution < 1.29 is 8.42 Å². The first-order chi connectivity index (χ1) is 15.3. The highest BCUT2D eigenvalue weighted by Crippen LogP contribution is 2.35. The quantitative estimate of drug-likeness (QED) is 0.386. The lowest BCUT2D eigenvalue weighted by Crippen LogP contribution is -2.19. The van der Waals surface area contributed by atoms with Gasteiger partial charge in [0.05, 0.1) is 22.2 Å². The summed E-state index contributed by atoms with van der Waals surface area (Å²) in [5.41, 5.74) is 2.03. The summed E-state index contributed by atoms with van der Waals surface area (Å²) in [6, 6.07) is 8.77. The van der Waals surface area contributed by atoms with Gasteiger partial charge in [-0.3, -0.25) is 4.68 Å². The SMILES string of the molecule is C.Cc1ccc(S(=O)(=O)n2ccc3c(N[C@@H](C)C4CC4)nc(Nc4cnn(C)c4)nc32)cc1.S. The van der Waals surface area contributed by atoms with Gasteiger partial charge >= 0.3 is 0 Å². The average molecular weight is 502 g/mol. The molecule has 0 amide bonds. The van der Waals surface area contributed by atoms with Gasteiger partial charge in [0.2, 0.25) is 5.95 Å². The molecule has 0 spiro atoms. The lowest BCUT2D eigenvalue weighted by Gasteiger charge is -2.16. The monoisotopic (exact) mass is 501 g/mol. The first kappa shape index (κ1) is 25.6. The minimum Gasteiger partial charge on any atom is -0.367 e. The van der Waals surface area contributed by atoms with E-state index in [9.17, 15) is 8.42 Å². The fourth-order valence-electron chi connectivity index (χ4n) is 3.72. The van der Waals surface area contributed by atoms with Crippen LogP contribution in [0.2, 0.25) is 0 Å². The van der Waals surface area contributed by atoms with E-state index in [1.165, 1.54) is 23.0 Å². The molecule has 1 fully saturated rings. The second-order valence-corrected chi connectivity index (χ2v) is 10.2. The Hall–Kier alpha value is -3.05. The van der Waals surface area contributed by atoms with E-state index in [0.29, 0.717) is 34.4 Å². The number of benzene rings is 1. The molecule has 1 saturated carbocycles. The van der Waals surface area contributed by atoms with Crippen LogP contribution in [-0.2, 0) is 17.1 Å². The number of hydrogen-bond acceptors (Lipinski definition) is 7. The molecule has 0 unspecified atom stereocenters. The molecule has 0 radical (unpaired) electrons. The van der Waals surface area contributed by atoms with Gasteiger partial charge in [-0.05, 0) is 50.8 Å². The molecule has 9 nitrogen and oxygen atoms in total. The standard InChI is InChI=1S/C22H25N7O2S.CH4.H2S/c1-14-4-8-18(9-5-14)32(30,31)29-11-10-19-20(24-15(2)16-6-7-16)26-22(27-21(19)29)25-17-12-23-28(3)13-17;;/h4-5,8-13,15-16H,6-7H2,1-3H3,(H2,24,25,26,27);1H4;1H2/t15-;;/m0../s1. The van der Waals surface area contributed by atoms with Crippen molar-refractivity contribution in [1.29, 1.82) is 0 Å². The highest BCUT2D eigenvalue weighted by atomic mass is 32.2. The van der Waals surface area contributed by atoms with Crippen LogP contribution in [0.3, 0.4) is 0 Å². The Labute approximate surface area is 207 Å². The van der Waals surface area contributed by atoms with Crippen LogP contribution in [0.25, 0.3) is 11.0 Å². The van der Waals surface area contributed by atoms with Crippen molar-refractivity contribution in [2.24, 2.45) is 13.0 Å². The third-order valence-electron chi connectivity index (χ3n) is 5.74. The van der Waals surface area contributed by atoms with Crippen molar-refractivity contribution >= 4 is 52.0 Å². The summed E-state index contributed by atoms with van der Waals surface area (Å²) in [4.78, 5) is 9.43. The highest BCUT2D eigenvalue weighted by molar-refractivity contribution is 7.90. The molecule has 0 saturated heterocycles. The van der Waals surface area contributed by atoms with Gasteiger partial charge in [-0.1, -0.05) is 25.1 Å². The van der Waals surface area contributed by atoms with E-state index in [-0.39, 0.29) is 31.9 Å². The molecule has 1 aliphatic carbocycles. The molecule has 3 aromatic heterocycles. The van der Waals surface area contributed by atoms with Crippen LogP contribution < -0.4 is 10.6 Å². The summed E-state index contributed by atoms with van der Waals surface area (Å²) < 4.78 is 29.7. The van der Waals surface area contributed by atoms with Gasteiger partial charge in [0, 0.05) is 25.5 Å². The van der Waals surface area contributed by atoms with Crippen molar-refractivity contribution in [3.8, 4) is 0 Å². The van der Waals surface area contributed by atoms with Gasteiger partial charge in [0.25, 0.3) is 10.0 Å². The third-order valence-corrected chi connectivity index (χ3v) is 7.42. The minimum atomic E-state index is -3.82. The number of aryl methyl sites for hydroxylation is 2. The molecule has 1 aromatic carbocycles. The highest BCUT2D eigenvalue weighted by Gasteiger charge is 2.29. The van der Waals surface area contributed by atoms with Crippen LogP contribution in [0.4, 0.5) is 17.5 Å². The number of rotatable bonds is 7. The van der Waals surface area contributed by atoms with Crippen molar-refractivity contribution in [2.45, 2.75) is 45.1 Å². The lowest BCUT2D eigenvalue weighted by atomic mass is 10.2. The molecular formula is C23H31N7O2S2. The van der Waals surface area contributed by atoms with Gasteiger partial charge in [-0.2, -0.15) is 28.6 Å². The number of fused-ring (bicyclic) bond motifs is 1. The fourth-order valence-corrected chi connectivity index (χ4v) is 5.02. The molecule has 2 N–H and O–H groups in total. The number of nitrogens with zero attached hydrogens (tertiary/aromatic N) is 5. The normalized spacial score (nSPS) is 14.2. The van der Waals surface area contributed by atoms with Crippen LogP contribution in [0.15, 0.2) is 53.8 Å². The maximum Gasteiger partial charge on any atom is 0.269 e. The number of aromatic nitrogens is 5. The van der Waals surface area contributed by atoms with Crippen molar-refractivity contribution in [1.82, 2.24) is 23.7 Å². The first-order valence-corrected chi connectivity index (χ1v) is 12.0. The Balaban J connectivity index is 0.00000162. The van der Waals surface area contributed by atoms with E-state index in [0.717, 1.165) is 5.56 Å². The van der Waals surface area contributed by atoms with E-state index >= 15 is 0 Å². The van der Waals surface area contributed by atoms with E-state index in [2.05, 4.69) is 32.6 Å². The smallest absolute Gasteiger partial charge is 0.269 e. The third kappa shape index (κ3) is 4.90. The Morgan fingerprint density at radius 1 is 1.12 bits per heavy atom. The van der Waals surface area contributed by atoms with E-state index < -0.39 is 10.0 Å². The van der Waals surface area contributed by atoms with Crippen LogP contribution >= 0.6 is 13.5 Å². The molecular weight excluding hydrogens is 470 g/mol. The molecule has 0 aliphatic heterocycles. The van der Waals surface area contributed by atoms with E-state index in [4.69, 9.17) is 0 Å². The average Bonchev–Trinajstić information content (AvgIpc) is 3.39. The summed E-state index contributed by atoms with van der Waals surface area (Å²) in [5.74, 6) is 1.52. The Kier molecular flexibility index (Phi) is 7.27. The summed E-state index contributed by atoms with van der Waals surface area (Å²) >= 11 is 0. The molecule has 4 aromatic rings. The molecule has 1 aliphatic rings. The minimum absolute atomic E-state index is 0. The van der Waals surface area contributed by atoms with Gasteiger partial charge in [0.1, 0.15) is 5.82 Å². The summed E-state index contributed by atoms with van der Waals surface area (Å²) in [5, 5.41) is 11.4. The zero-order chi connectivity index (χ0) is 22.5. The maximum atomic E-state index is 13.4. The topological polar surface area (TPSA) is 107 Å². The van der Waals surface area contributed by atoms with Gasteiger partial charge in [0.15, 0.2) is 5.65 Å². The van der Waals surface area contributed by atoms with Gasteiger partial charge in [-0.15, -0.1) is 0 Å². The Morgan fingerprint density at radius 2 is 1.82 bits per heavy atom. The number of nitrogens with one attached hydrogen (secondary N) is 2. The number of hydrogen-bond donors (Lipinski definition) is 2. The van der Waals surface area contributed by atoms with Crippen LogP contribution in [0.1, 0.15) is 32.8 Å². The largest absolute Gasteiger partial charge is 0.367 e. The number of anilines is 3. The molecule has 1 atom stereocenters. The second-order valence-electron chi connectivity index (χ2n) is 8.36. The lowest BCUT2D eigenvalue weighted by molar-refractivity contribution is 0.589. The maximum absolute atomic E-state index is 13.4. The molecule has 3 heterocycles. The predicted molar refractivity (Wildman–Crippen MR) is 141 cm³/mol. The van der Waals surface area contributed by atoms with Crippen molar-refractivity contribution in [3.63, 3.8) is 0 Å². The van der Waals surface area contributed by atoms with Crippen molar-refractivity contribution in [2.75, 3.05) is 10.6 Å².